The van der Waals surface area contributed by atoms with Gasteiger partial charge in [0.05, 0.1) is 22.7 Å². The van der Waals surface area contributed by atoms with Crippen LogP contribution in [0.5, 0.6) is 0 Å². The van der Waals surface area contributed by atoms with Crippen LogP contribution in [0.2, 0.25) is 0 Å². The molecule has 0 aliphatic rings. The van der Waals surface area contributed by atoms with Gasteiger partial charge in [0.25, 0.3) is 0 Å². The Morgan fingerprint density at radius 1 is 1.00 bits per heavy atom. The van der Waals surface area contributed by atoms with Gasteiger partial charge in [-0.15, -0.1) is 0 Å². The summed E-state index contributed by atoms with van der Waals surface area (Å²) in [5.74, 6) is 0.514. The number of hydrogen-bond donors (Lipinski definition) is 1. The number of rotatable bonds is 4. The van der Waals surface area contributed by atoms with Crippen molar-refractivity contribution < 1.29 is 0 Å². The van der Waals surface area contributed by atoms with E-state index in [4.69, 9.17) is 10.2 Å². The molecule has 31 heavy (non-hydrogen) atoms. The Bertz CT molecular complexity index is 1460. The Labute approximate surface area is 183 Å². The van der Waals surface area contributed by atoms with Crippen molar-refractivity contribution in [1.29, 1.82) is 5.26 Å². The molecule has 0 fully saturated rings. The lowest BCUT2D eigenvalue weighted by molar-refractivity contribution is 0.938. The zero-order chi connectivity index (χ0) is 21.4. The third-order valence-electron chi connectivity index (χ3n) is 5.16. The first-order valence-electron chi connectivity index (χ1n) is 9.74. The summed E-state index contributed by atoms with van der Waals surface area (Å²) in [5.41, 5.74) is 4.51. The molecule has 0 saturated carbocycles. The first kappa shape index (κ1) is 19.1. The van der Waals surface area contributed by atoms with Crippen LogP contribution in [0, 0.1) is 18.3 Å². The number of anilines is 2. The van der Waals surface area contributed by atoms with Gasteiger partial charge in [-0.2, -0.15) is 5.26 Å². The molecule has 0 amide bonds. The topological polar surface area (TPSA) is 79.4 Å². The van der Waals surface area contributed by atoms with Crippen molar-refractivity contribution in [1.82, 2.24) is 19.5 Å². The lowest BCUT2D eigenvalue weighted by Crippen LogP contribution is -2.00. The number of benzene rings is 2. The van der Waals surface area contributed by atoms with E-state index in [9.17, 15) is 0 Å². The number of nitriles is 1. The number of aromatic nitrogens is 4. The summed E-state index contributed by atoms with van der Waals surface area (Å²) < 4.78 is 2.04. The molecule has 0 unspecified atom stereocenters. The highest BCUT2D eigenvalue weighted by molar-refractivity contribution is 7.99. The van der Waals surface area contributed by atoms with Crippen LogP contribution in [0.1, 0.15) is 11.1 Å². The maximum Gasteiger partial charge on any atom is 0.228 e. The van der Waals surface area contributed by atoms with E-state index in [1.165, 1.54) is 10.9 Å². The van der Waals surface area contributed by atoms with Gasteiger partial charge in [-0.3, -0.25) is 4.98 Å². The summed E-state index contributed by atoms with van der Waals surface area (Å²) in [6, 6.07) is 17.6. The molecule has 3 heterocycles. The predicted octanol–water partition coefficient (Wildman–Crippen LogP) is 5.59. The monoisotopic (exact) mass is 422 g/mol. The van der Waals surface area contributed by atoms with Gasteiger partial charge in [0.15, 0.2) is 0 Å². The quantitative estimate of drug-likeness (QED) is 0.380. The smallest absolute Gasteiger partial charge is 0.228 e. The SMILES string of the molecule is Cc1ccc(Sc2nc(Nc3ccc(C#N)cc3)nc3ccn(C)c23)c2cnccc12. The highest BCUT2D eigenvalue weighted by atomic mass is 32.2. The lowest BCUT2D eigenvalue weighted by Gasteiger charge is -2.11. The number of fused-ring (bicyclic) bond motifs is 2. The highest BCUT2D eigenvalue weighted by Crippen LogP contribution is 2.37. The van der Waals surface area contributed by atoms with Gasteiger partial charge >= 0.3 is 0 Å². The van der Waals surface area contributed by atoms with Crippen molar-refractivity contribution >= 4 is 45.2 Å². The molecule has 3 aromatic heterocycles. The van der Waals surface area contributed by atoms with Gasteiger partial charge in [-0.1, -0.05) is 17.8 Å². The second-order valence-corrected chi connectivity index (χ2v) is 8.26. The predicted molar refractivity (Wildman–Crippen MR) is 124 cm³/mol. The van der Waals surface area contributed by atoms with Crippen LogP contribution in [-0.4, -0.2) is 19.5 Å². The van der Waals surface area contributed by atoms with Crippen LogP contribution >= 0.6 is 11.8 Å². The summed E-state index contributed by atoms with van der Waals surface area (Å²) in [4.78, 5) is 14.9. The van der Waals surface area contributed by atoms with E-state index in [0.717, 1.165) is 32.0 Å². The molecule has 150 valence electrons. The summed E-state index contributed by atoms with van der Waals surface area (Å²) in [6.45, 7) is 2.11. The van der Waals surface area contributed by atoms with Crippen molar-refractivity contribution in [2.75, 3.05) is 5.32 Å². The van der Waals surface area contributed by atoms with E-state index in [0.29, 0.717) is 11.5 Å². The van der Waals surface area contributed by atoms with Crippen molar-refractivity contribution in [3.63, 3.8) is 0 Å². The molecule has 0 radical (unpaired) electrons. The summed E-state index contributed by atoms with van der Waals surface area (Å²) >= 11 is 1.61. The normalized spacial score (nSPS) is 11.0. The fourth-order valence-corrected chi connectivity index (χ4v) is 4.64. The zero-order valence-electron chi connectivity index (χ0n) is 17.0. The largest absolute Gasteiger partial charge is 0.347 e. The summed E-state index contributed by atoms with van der Waals surface area (Å²) in [5, 5.41) is 15.4. The van der Waals surface area contributed by atoms with Crippen LogP contribution in [0.4, 0.5) is 11.6 Å². The molecule has 5 rings (SSSR count). The second-order valence-electron chi connectivity index (χ2n) is 7.23. The van der Waals surface area contributed by atoms with Crippen molar-refractivity contribution in [2.24, 2.45) is 7.05 Å². The van der Waals surface area contributed by atoms with Crippen LogP contribution in [0.15, 0.2) is 77.0 Å². The number of nitrogens with zero attached hydrogens (tertiary/aromatic N) is 5. The Morgan fingerprint density at radius 3 is 2.65 bits per heavy atom. The van der Waals surface area contributed by atoms with E-state index in [-0.39, 0.29) is 0 Å². The molecule has 1 N–H and O–H groups in total. The molecule has 0 atom stereocenters. The average molecular weight is 423 g/mol. The van der Waals surface area contributed by atoms with E-state index in [2.05, 4.69) is 40.4 Å². The Kier molecular flexibility index (Phi) is 4.77. The molecule has 7 heteroatoms. The molecule has 0 spiro atoms. The van der Waals surface area contributed by atoms with Crippen LogP contribution in [0.25, 0.3) is 21.8 Å². The van der Waals surface area contributed by atoms with Gasteiger partial charge < -0.3 is 9.88 Å². The number of aryl methyl sites for hydroxylation is 2. The standard InChI is InChI=1S/C24H18N6S/c1-15-3-8-21(19-14-26-11-9-18(15)19)31-23-22-20(10-12-30(22)2)28-24(29-23)27-17-6-4-16(13-25)5-7-17/h3-12,14H,1-2H3,(H,27,28,29). The van der Waals surface area contributed by atoms with E-state index < -0.39 is 0 Å². The number of pyridine rings is 1. The number of hydrogen-bond acceptors (Lipinski definition) is 6. The molecule has 0 aliphatic carbocycles. The fraction of sp³-hybridized carbons (Fsp3) is 0.0833. The summed E-state index contributed by atoms with van der Waals surface area (Å²) in [7, 11) is 2.00. The minimum atomic E-state index is 0.514. The third kappa shape index (κ3) is 3.58. The van der Waals surface area contributed by atoms with E-state index in [1.54, 1.807) is 23.9 Å². The minimum absolute atomic E-state index is 0.514. The number of nitrogens with one attached hydrogen (secondary N) is 1. The zero-order valence-corrected chi connectivity index (χ0v) is 17.8. The van der Waals surface area contributed by atoms with Gasteiger partial charge in [0, 0.05) is 41.6 Å². The van der Waals surface area contributed by atoms with Gasteiger partial charge in [0.2, 0.25) is 5.95 Å². The molecule has 6 nitrogen and oxygen atoms in total. The molecule has 0 saturated heterocycles. The van der Waals surface area contributed by atoms with Crippen LogP contribution in [-0.2, 0) is 7.05 Å². The minimum Gasteiger partial charge on any atom is -0.347 e. The van der Waals surface area contributed by atoms with Crippen molar-refractivity contribution in [2.45, 2.75) is 16.8 Å². The molecule has 0 aliphatic heterocycles. The average Bonchev–Trinajstić information content (AvgIpc) is 3.17. The lowest BCUT2D eigenvalue weighted by atomic mass is 10.1. The Hall–Kier alpha value is -3.89. The molecular weight excluding hydrogens is 404 g/mol. The molecule has 2 aromatic carbocycles. The van der Waals surface area contributed by atoms with E-state index >= 15 is 0 Å². The maximum absolute atomic E-state index is 9.00. The maximum atomic E-state index is 9.00. The van der Waals surface area contributed by atoms with Gasteiger partial charge in [-0.25, -0.2) is 9.97 Å². The molecular formula is C24H18N6S. The Morgan fingerprint density at radius 2 is 1.84 bits per heavy atom. The highest BCUT2D eigenvalue weighted by Gasteiger charge is 2.15. The second kappa shape index (κ2) is 7.74. The third-order valence-corrected chi connectivity index (χ3v) is 6.21. The van der Waals surface area contributed by atoms with Crippen molar-refractivity contribution in [3.05, 3.63) is 78.2 Å². The fourth-order valence-electron chi connectivity index (χ4n) is 3.55. The first-order valence-corrected chi connectivity index (χ1v) is 10.6. The summed E-state index contributed by atoms with van der Waals surface area (Å²) in [6.07, 6.45) is 5.72. The molecule has 0 bridgehead atoms. The first-order chi connectivity index (χ1) is 15.1. The van der Waals surface area contributed by atoms with Gasteiger partial charge in [-0.05, 0) is 60.3 Å². The Balaban J connectivity index is 1.59. The van der Waals surface area contributed by atoms with Crippen molar-refractivity contribution in [3.8, 4) is 6.07 Å². The molecule has 5 aromatic rings. The van der Waals surface area contributed by atoms with E-state index in [1.807, 2.05) is 54.5 Å². The van der Waals surface area contributed by atoms with Gasteiger partial charge in [0.1, 0.15) is 5.03 Å². The van der Waals surface area contributed by atoms with Crippen LogP contribution in [0.3, 0.4) is 0 Å². The van der Waals surface area contributed by atoms with Crippen LogP contribution < -0.4 is 5.32 Å².